The second-order valence-corrected chi connectivity index (χ2v) is 11.1. The molecule has 4 rings (SSSR count). The van der Waals surface area contributed by atoms with Crippen molar-refractivity contribution in [2.45, 2.75) is 50.9 Å². The number of allylic oxidation sites excluding steroid dienone is 2. The van der Waals surface area contributed by atoms with E-state index in [9.17, 15) is 9.59 Å². The van der Waals surface area contributed by atoms with Crippen LogP contribution in [0.2, 0.25) is 0 Å². The van der Waals surface area contributed by atoms with Crippen LogP contribution < -0.4 is 10.2 Å². The Hall–Kier alpha value is -3.65. The lowest BCUT2D eigenvalue weighted by atomic mass is 9.86. The van der Waals surface area contributed by atoms with Crippen molar-refractivity contribution in [2.75, 3.05) is 30.1 Å². The first kappa shape index (κ1) is 28.4. The first-order valence-electron chi connectivity index (χ1n) is 13.3. The minimum Gasteiger partial charge on any atom is -0.378 e. The molecule has 1 aliphatic rings. The summed E-state index contributed by atoms with van der Waals surface area (Å²) in [5.41, 5.74) is 4.48. The third-order valence-corrected chi connectivity index (χ3v) is 7.65. The van der Waals surface area contributed by atoms with Crippen LogP contribution in [0, 0.1) is 19.8 Å². The first-order chi connectivity index (χ1) is 18.8. The Kier molecular flexibility index (Phi) is 9.76. The highest BCUT2D eigenvalue weighted by molar-refractivity contribution is 7.99. The molecule has 0 aliphatic heterocycles. The van der Waals surface area contributed by atoms with Crippen molar-refractivity contribution in [1.29, 1.82) is 0 Å². The Balaban J connectivity index is 1.62. The number of carbonyl (C=O) groups is 2. The molecule has 1 heterocycles. The van der Waals surface area contributed by atoms with Crippen LogP contribution in [0.25, 0.3) is 0 Å². The van der Waals surface area contributed by atoms with E-state index < -0.39 is 6.04 Å². The van der Waals surface area contributed by atoms with Gasteiger partial charge in [-0.1, -0.05) is 54.2 Å². The Morgan fingerprint density at radius 1 is 1.00 bits per heavy atom. The second-order valence-electron chi connectivity index (χ2n) is 10.1. The van der Waals surface area contributed by atoms with E-state index in [1.54, 1.807) is 4.90 Å². The molecule has 0 fully saturated rings. The summed E-state index contributed by atoms with van der Waals surface area (Å²) < 4.78 is 0. The predicted octanol–water partition coefficient (Wildman–Crippen LogP) is 5.64. The van der Waals surface area contributed by atoms with Gasteiger partial charge in [-0.05, 0) is 74.9 Å². The van der Waals surface area contributed by atoms with E-state index in [0.29, 0.717) is 17.4 Å². The van der Waals surface area contributed by atoms with E-state index in [1.807, 2.05) is 93.5 Å². The molecular weight excluding hydrogens is 506 g/mol. The average molecular weight is 544 g/mol. The maximum Gasteiger partial charge on any atom is 0.247 e. The van der Waals surface area contributed by atoms with Crippen molar-refractivity contribution < 1.29 is 9.59 Å². The Morgan fingerprint density at radius 3 is 2.31 bits per heavy atom. The second kappa shape index (κ2) is 13.4. The van der Waals surface area contributed by atoms with Crippen molar-refractivity contribution in [1.82, 2.24) is 14.9 Å². The monoisotopic (exact) mass is 543 g/mol. The summed E-state index contributed by atoms with van der Waals surface area (Å²) in [5.74, 6) is -0.0974. The Bertz CT molecular complexity index is 1270. The van der Waals surface area contributed by atoms with Crippen LogP contribution >= 0.6 is 11.8 Å². The van der Waals surface area contributed by atoms with Gasteiger partial charge < -0.3 is 15.1 Å². The van der Waals surface area contributed by atoms with Crippen LogP contribution in [0.3, 0.4) is 0 Å². The molecular formula is C31H37N5O2S. The smallest absolute Gasteiger partial charge is 0.247 e. The van der Waals surface area contributed by atoms with Crippen LogP contribution in [-0.4, -0.2) is 52.6 Å². The lowest BCUT2D eigenvalue weighted by Gasteiger charge is -2.37. The van der Waals surface area contributed by atoms with Gasteiger partial charge in [0.2, 0.25) is 11.8 Å². The number of nitrogens with zero attached hydrogens (tertiary/aromatic N) is 4. The molecule has 3 aromatic rings. The zero-order valence-electron chi connectivity index (χ0n) is 23.1. The Labute approximate surface area is 235 Å². The zero-order chi connectivity index (χ0) is 27.8. The molecule has 1 N–H and O–H groups in total. The van der Waals surface area contributed by atoms with Crippen LogP contribution in [0.1, 0.15) is 36.2 Å². The number of rotatable bonds is 10. The van der Waals surface area contributed by atoms with Crippen molar-refractivity contribution in [3.8, 4) is 0 Å². The topological polar surface area (TPSA) is 78.4 Å². The fourth-order valence-electron chi connectivity index (χ4n) is 4.86. The molecule has 1 aromatic heterocycles. The lowest BCUT2D eigenvalue weighted by Crippen LogP contribution is -2.51. The van der Waals surface area contributed by atoms with Crippen LogP contribution in [0.5, 0.6) is 0 Å². The number of amides is 2. The third-order valence-electron chi connectivity index (χ3n) is 6.81. The summed E-state index contributed by atoms with van der Waals surface area (Å²) in [6.07, 6.45) is 6.78. The minimum atomic E-state index is -0.614. The minimum absolute atomic E-state index is 0.0196. The van der Waals surface area contributed by atoms with E-state index in [0.717, 1.165) is 41.9 Å². The van der Waals surface area contributed by atoms with E-state index in [2.05, 4.69) is 27.4 Å². The van der Waals surface area contributed by atoms with Crippen LogP contribution in [0.4, 0.5) is 11.4 Å². The fourth-order valence-corrected chi connectivity index (χ4v) is 5.70. The molecule has 204 valence electrons. The van der Waals surface area contributed by atoms with E-state index in [1.165, 1.54) is 11.8 Å². The molecule has 0 radical (unpaired) electrons. The quantitative estimate of drug-likeness (QED) is 0.202. The van der Waals surface area contributed by atoms with Crippen molar-refractivity contribution >= 4 is 35.0 Å². The number of anilines is 2. The van der Waals surface area contributed by atoms with Gasteiger partial charge in [-0.3, -0.25) is 9.59 Å². The molecule has 0 saturated heterocycles. The standard InChI is InChI=1S/C31H37N5O2S/c1-22-19-23(2)33-31(32-22)39-21-28(37)36(20-24-11-7-5-8-12-24)29(25-13-9-6-10-14-25)30(38)34-26-15-17-27(18-16-26)35(3)4/h5-9,11-12,15-19,25,29H,10,13-14,20-21H2,1-4H3,(H,34,38)/t25-,29+/m0/s1. The number of hydrogen-bond donors (Lipinski definition) is 1. The van der Waals surface area contributed by atoms with Gasteiger partial charge in [0.25, 0.3) is 0 Å². The van der Waals surface area contributed by atoms with E-state index in [4.69, 9.17) is 0 Å². The number of nitrogens with one attached hydrogen (secondary N) is 1. The van der Waals surface area contributed by atoms with Gasteiger partial charge in [0.05, 0.1) is 5.75 Å². The highest BCUT2D eigenvalue weighted by atomic mass is 32.2. The van der Waals surface area contributed by atoms with E-state index in [-0.39, 0.29) is 23.5 Å². The van der Waals surface area contributed by atoms with Gasteiger partial charge in [0.15, 0.2) is 5.16 Å². The lowest BCUT2D eigenvalue weighted by molar-refractivity contribution is -0.139. The highest BCUT2D eigenvalue weighted by Gasteiger charge is 2.36. The van der Waals surface area contributed by atoms with Gasteiger partial charge in [0, 0.05) is 43.4 Å². The van der Waals surface area contributed by atoms with Gasteiger partial charge >= 0.3 is 0 Å². The largest absolute Gasteiger partial charge is 0.378 e. The average Bonchev–Trinajstić information content (AvgIpc) is 2.92. The number of hydrogen-bond acceptors (Lipinski definition) is 6. The normalized spacial score (nSPS) is 15.4. The molecule has 0 bridgehead atoms. The summed E-state index contributed by atoms with van der Waals surface area (Å²) in [7, 11) is 3.96. The van der Waals surface area contributed by atoms with Crippen molar-refractivity contribution in [3.63, 3.8) is 0 Å². The molecule has 1 aliphatic carbocycles. The van der Waals surface area contributed by atoms with Crippen LogP contribution in [0.15, 0.2) is 78.0 Å². The predicted molar refractivity (Wildman–Crippen MR) is 159 cm³/mol. The molecule has 39 heavy (non-hydrogen) atoms. The Morgan fingerprint density at radius 2 is 1.69 bits per heavy atom. The number of benzene rings is 2. The molecule has 0 unspecified atom stereocenters. The maximum atomic E-state index is 14.0. The number of carbonyl (C=O) groups excluding carboxylic acids is 2. The summed E-state index contributed by atoms with van der Waals surface area (Å²) in [6.45, 7) is 4.19. The molecule has 8 heteroatoms. The maximum absolute atomic E-state index is 14.0. The van der Waals surface area contributed by atoms with E-state index >= 15 is 0 Å². The van der Waals surface area contributed by atoms with Crippen molar-refractivity contribution in [2.24, 2.45) is 5.92 Å². The molecule has 7 nitrogen and oxygen atoms in total. The molecule has 2 amide bonds. The van der Waals surface area contributed by atoms with Gasteiger partial charge in [-0.25, -0.2) is 9.97 Å². The van der Waals surface area contributed by atoms with Gasteiger partial charge in [-0.15, -0.1) is 0 Å². The van der Waals surface area contributed by atoms with Gasteiger partial charge in [0.1, 0.15) is 6.04 Å². The summed E-state index contributed by atoms with van der Waals surface area (Å²) >= 11 is 1.32. The highest BCUT2D eigenvalue weighted by Crippen LogP contribution is 2.29. The zero-order valence-corrected chi connectivity index (χ0v) is 23.9. The summed E-state index contributed by atoms with van der Waals surface area (Å²) in [5, 5.41) is 3.68. The fraction of sp³-hybridized carbons (Fsp3) is 0.355. The summed E-state index contributed by atoms with van der Waals surface area (Å²) in [4.78, 5) is 40.6. The number of aromatic nitrogens is 2. The first-order valence-corrected chi connectivity index (χ1v) is 14.3. The summed E-state index contributed by atoms with van der Waals surface area (Å²) in [6, 6.07) is 18.9. The molecule has 0 spiro atoms. The number of thioether (sulfide) groups is 1. The van der Waals surface area contributed by atoms with Gasteiger partial charge in [-0.2, -0.15) is 0 Å². The molecule has 0 saturated carbocycles. The van der Waals surface area contributed by atoms with Crippen molar-refractivity contribution in [3.05, 3.63) is 89.8 Å². The molecule has 2 atom stereocenters. The SMILES string of the molecule is Cc1cc(C)nc(SCC(=O)N(Cc2ccccc2)[C@@H](C(=O)Nc2ccc(N(C)C)cc2)[C@H]2CC=CCC2)n1. The third kappa shape index (κ3) is 7.93. The van der Waals surface area contributed by atoms with Crippen LogP contribution in [-0.2, 0) is 16.1 Å². The number of aryl methyl sites for hydroxylation is 2. The molecule has 2 aromatic carbocycles.